The molecule has 1 rings (SSSR count). The summed E-state index contributed by atoms with van der Waals surface area (Å²) >= 11 is 1.39. The highest BCUT2D eigenvalue weighted by atomic mass is 32.2. The summed E-state index contributed by atoms with van der Waals surface area (Å²) in [5.74, 6) is 0.474. The van der Waals surface area contributed by atoms with Gasteiger partial charge in [-0.3, -0.25) is 4.79 Å². The van der Waals surface area contributed by atoms with Gasteiger partial charge in [0.25, 0.3) is 0 Å². The van der Waals surface area contributed by atoms with E-state index in [1.54, 1.807) is 4.68 Å². The highest BCUT2D eigenvalue weighted by Gasteiger charge is 2.24. The number of hydrogen-bond donors (Lipinski definition) is 1. The Hall–Kier alpha value is -1.11. The molecule has 1 amide bonds. The average Bonchev–Trinajstić information content (AvgIpc) is 2.75. The topological polar surface area (TPSA) is 72.7 Å². The molecule has 1 atom stereocenters. The minimum atomic E-state index is -0.224. The third-order valence-electron chi connectivity index (χ3n) is 3.03. The third kappa shape index (κ3) is 5.11. The first-order valence-corrected chi connectivity index (χ1v) is 7.88. The second-order valence-electron chi connectivity index (χ2n) is 6.02. The van der Waals surface area contributed by atoms with Gasteiger partial charge in [0.05, 0.1) is 5.25 Å². The zero-order valence-electron chi connectivity index (χ0n) is 13.2. The van der Waals surface area contributed by atoms with Crippen LogP contribution in [0.3, 0.4) is 0 Å². The lowest BCUT2D eigenvalue weighted by Crippen LogP contribution is -2.46. The number of amides is 1. The fraction of sp³-hybridized carbons (Fsp3) is 0.846. The molecule has 0 aliphatic carbocycles. The van der Waals surface area contributed by atoms with E-state index >= 15 is 0 Å². The van der Waals surface area contributed by atoms with E-state index in [1.807, 2.05) is 20.8 Å². The second-order valence-corrected chi connectivity index (χ2v) is 7.33. The molecule has 0 aliphatic heterocycles. The van der Waals surface area contributed by atoms with Gasteiger partial charge < -0.3 is 5.32 Å². The number of hydrogen-bond acceptors (Lipinski definition) is 5. The molecule has 0 saturated heterocycles. The molecule has 1 N–H and O–H groups in total. The summed E-state index contributed by atoms with van der Waals surface area (Å²) in [5, 5.41) is 15.2. The molecule has 0 saturated carbocycles. The lowest BCUT2D eigenvalue weighted by atomic mass is 10.0. The van der Waals surface area contributed by atoms with E-state index in [4.69, 9.17) is 0 Å². The molecule has 1 aromatic rings. The molecule has 0 fully saturated rings. The van der Waals surface area contributed by atoms with Gasteiger partial charge in [-0.15, -0.1) is 5.10 Å². The van der Waals surface area contributed by atoms with Crippen molar-refractivity contribution in [3.05, 3.63) is 0 Å². The zero-order valence-corrected chi connectivity index (χ0v) is 14.0. The van der Waals surface area contributed by atoms with Gasteiger partial charge in [0.15, 0.2) is 0 Å². The SMILES string of the molecule is CCC(C)(C)NC(=O)C(C)Sc1nnnn1CC(C)C. The first-order valence-electron chi connectivity index (χ1n) is 7.00. The van der Waals surface area contributed by atoms with Gasteiger partial charge in [-0.2, -0.15) is 0 Å². The maximum absolute atomic E-state index is 12.2. The van der Waals surface area contributed by atoms with Crippen molar-refractivity contribution in [1.29, 1.82) is 0 Å². The number of carbonyl (C=O) groups is 1. The zero-order chi connectivity index (χ0) is 15.3. The molecular formula is C13H25N5OS. The molecule has 114 valence electrons. The van der Waals surface area contributed by atoms with E-state index in [0.717, 1.165) is 13.0 Å². The highest BCUT2D eigenvalue weighted by molar-refractivity contribution is 8.00. The van der Waals surface area contributed by atoms with Crippen LogP contribution in [-0.2, 0) is 11.3 Å². The summed E-state index contributed by atoms with van der Waals surface area (Å²) < 4.78 is 1.75. The third-order valence-corrected chi connectivity index (χ3v) is 4.10. The molecule has 7 heteroatoms. The first kappa shape index (κ1) is 16.9. The van der Waals surface area contributed by atoms with Crippen LogP contribution in [0.1, 0.15) is 48.0 Å². The Morgan fingerprint density at radius 2 is 2.05 bits per heavy atom. The van der Waals surface area contributed by atoms with Crippen LogP contribution in [0.4, 0.5) is 0 Å². The lowest BCUT2D eigenvalue weighted by Gasteiger charge is -2.26. The van der Waals surface area contributed by atoms with Crippen LogP contribution in [0, 0.1) is 5.92 Å². The number of nitrogens with one attached hydrogen (secondary N) is 1. The van der Waals surface area contributed by atoms with Crippen molar-refractivity contribution in [2.45, 2.75) is 70.5 Å². The number of carbonyl (C=O) groups excluding carboxylic acids is 1. The smallest absolute Gasteiger partial charge is 0.233 e. The Balaban J connectivity index is 2.64. The van der Waals surface area contributed by atoms with Gasteiger partial charge in [0, 0.05) is 12.1 Å². The van der Waals surface area contributed by atoms with E-state index in [-0.39, 0.29) is 16.7 Å². The molecule has 6 nitrogen and oxygen atoms in total. The maximum atomic E-state index is 12.2. The first-order chi connectivity index (χ1) is 9.25. The highest BCUT2D eigenvalue weighted by Crippen LogP contribution is 2.21. The van der Waals surface area contributed by atoms with Crippen LogP contribution < -0.4 is 5.32 Å². The Labute approximate surface area is 125 Å². The molecule has 20 heavy (non-hydrogen) atoms. The fourth-order valence-corrected chi connectivity index (χ4v) is 2.28. The summed E-state index contributed by atoms with van der Waals surface area (Å²) in [4.78, 5) is 12.2. The predicted octanol–water partition coefficient (Wildman–Crippen LogP) is 2.11. The molecule has 0 radical (unpaired) electrons. The summed E-state index contributed by atoms with van der Waals surface area (Å²) in [7, 11) is 0. The second kappa shape index (κ2) is 7.06. The van der Waals surface area contributed by atoms with Crippen LogP contribution in [0.25, 0.3) is 0 Å². The van der Waals surface area contributed by atoms with E-state index < -0.39 is 0 Å². The largest absolute Gasteiger partial charge is 0.350 e. The van der Waals surface area contributed by atoms with Gasteiger partial charge >= 0.3 is 0 Å². The predicted molar refractivity (Wildman–Crippen MR) is 80.5 cm³/mol. The van der Waals surface area contributed by atoms with E-state index in [0.29, 0.717) is 11.1 Å². The van der Waals surface area contributed by atoms with Crippen molar-refractivity contribution in [3.63, 3.8) is 0 Å². The maximum Gasteiger partial charge on any atom is 0.233 e. The van der Waals surface area contributed by atoms with E-state index in [2.05, 4.69) is 41.6 Å². The minimum Gasteiger partial charge on any atom is -0.350 e. The van der Waals surface area contributed by atoms with Crippen LogP contribution >= 0.6 is 11.8 Å². The molecule has 0 aliphatic rings. The number of aromatic nitrogens is 4. The Morgan fingerprint density at radius 1 is 1.40 bits per heavy atom. The van der Waals surface area contributed by atoms with Gasteiger partial charge in [-0.05, 0) is 43.5 Å². The van der Waals surface area contributed by atoms with Crippen LogP contribution in [0.5, 0.6) is 0 Å². The summed E-state index contributed by atoms with van der Waals surface area (Å²) in [5.41, 5.74) is -0.185. The van der Waals surface area contributed by atoms with Crippen molar-refractivity contribution in [2.75, 3.05) is 0 Å². The standard InChI is InChI=1S/C13H25N5OS/c1-7-13(5,6)14-11(19)10(4)20-12-15-16-17-18(12)8-9(2)3/h9-10H,7-8H2,1-6H3,(H,14,19). The van der Waals surface area contributed by atoms with Crippen LogP contribution in [-0.4, -0.2) is 36.9 Å². The monoisotopic (exact) mass is 299 g/mol. The van der Waals surface area contributed by atoms with Crippen molar-refractivity contribution in [3.8, 4) is 0 Å². The van der Waals surface area contributed by atoms with Gasteiger partial charge in [0.1, 0.15) is 0 Å². The molecule has 0 spiro atoms. The van der Waals surface area contributed by atoms with Crippen molar-refractivity contribution >= 4 is 17.7 Å². The van der Waals surface area contributed by atoms with Crippen molar-refractivity contribution in [1.82, 2.24) is 25.5 Å². The number of rotatable bonds is 7. The Kier molecular flexibility index (Phi) is 5.98. The molecular weight excluding hydrogens is 274 g/mol. The summed E-state index contributed by atoms with van der Waals surface area (Å²) in [6, 6.07) is 0. The molecule has 1 heterocycles. The van der Waals surface area contributed by atoms with Gasteiger partial charge in [-0.25, -0.2) is 4.68 Å². The molecule has 0 bridgehead atoms. The minimum absolute atomic E-state index is 0.0148. The van der Waals surface area contributed by atoms with Gasteiger partial charge in [-0.1, -0.05) is 32.5 Å². The normalized spacial score (nSPS) is 13.6. The van der Waals surface area contributed by atoms with E-state index in [9.17, 15) is 4.79 Å². The fourth-order valence-electron chi connectivity index (χ4n) is 1.48. The van der Waals surface area contributed by atoms with Crippen molar-refractivity contribution < 1.29 is 4.79 Å². The Morgan fingerprint density at radius 3 is 2.60 bits per heavy atom. The number of nitrogens with zero attached hydrogens (tertiary/aromatic N) is 4. The van der Waals surface area contributed by atoms with Crippen molar-refractivity contribution in [2.24, 2.45) is 5.92 Å². The summed E-state index contributed by atoms with van der Waals surface area (Å²) in [6.07, 6.45) is 0.890. The molecule has 0 aromatic carbocycles. The van der Waals surface area contributed by atoms with Gasteiger partial charge in [0.2, 0.25) is 11.1 Å². The van der Waals surface area contributed by atoms with Crippen LogP contribution in [0.2, 0.25) is 0 Å². The van der Waals surface area contributed by atoms with E-state index in [1.165, 1.54) is 11.8 Å². The van der Waals surface area contributed by atoms with Crippen LogP contribution in [0.15, 0.2) is 5.16 Å². The quantitative estimate of drug-likeness (QED) is 0.781. The molecule has 1 aromatic heterocycles. The average molecular weight is 299 g/mol. The summed E-state index contributed by atoms with van der Waals surface area (Å²) in [6.45, 7) is 12.9. The number of tetrazole rings is 1. The molecule has 1 unspecified atom stereocenters. The number of thioether (sulfide) groups is 1. The lowest BCUT2D eigenvalue weighted by molar-refractivity contribution is -0.121. The Bertz CT molecular complexity index is 444.